The number of rotatable bonds is 3. The molecule has 1 unspecified atom stereocenters. The zero-order valence-corrected chi connectivity index (χ0v) is 13.7. The zero-order chi connectivity index (χ0) is 13.9. The molecule has 1 aromatic rings. The van der Waals surface area contributed by atoms with Crippen LogP contribution in [0.2, 0.25) is 0 Å². The maximum atomic E-state index is 6.75. The molecule has 0 aromatic carbocycles. The highest BCUT2D eigenvalue weighted by atomic mass is 79.9. The minimum atomic E-state index is 0.154. The number of aromatic nitrogens is 2. The van der Waals surface area contributed by atoms with Crippen LogP contribution < -0.4 is 5.73 Å². The molecule has 2 N–H and O–H groups in total. The van der Waals surface area contributed by atoms with E-state index in [9.17, 15) is 0 Å². The Kier molecular flexibility index (Phi) is 3.22. The summed E-state index contributed by atoms with van der Waals surface area (Å²) in [6.45, 7) is 3.05. The average Bonchev–Trinajstić information content (AvgIpc) is 2.78. The first kappa shape index (κ1) is 13.3. The van der Waals surface area contributed by atoms with Gasteiger partial charge in [-0.3, -0.25) is 4.68 Å². The van der Waals surface area contributed by atoms with Crippen molar-refractivity contribution in [2.75, 3.05) is 0 Å². The predicted molar refractivity (Wildman–Crippen MR) is 83.1 cm³/mol. The van der Waals surface area contributed by atoms with E-state index in [0.717, 1.165) is 34.7 Å². The summed E-state index contributed by atoms with van der Waals surface area (Å²) in [7, 11) is 0. The molecule has 0 radical (unpaired) electrons. The monoisotopic (exact) mass is 337 g/mol. The van der Waals surface area contributed by atoms with Crippen LogP contribution in [0.15, 0.2) is 10.7 Å². The molecule has 4 bridgehead atoms. The largest absolute Gasteiger partial charge is 0.322 e. The molecular weight excluding hydrogens is 314 g/mol. The Morgan fingerprint density at radius 2 is 1.85 bits per heavy atom. The third-order valence-electron chi connectivity index (χ3n) is 6.16. The molecule has 4 aliphatic carbocycles. The minimum absolute atomic E-state index is 0.154. The van der Waals surface area contributed by atoms with Crippen LogP contribution in [0.4, 0.5) is 0 Å². The molecule has 4 fully saturated rings. The van der Waals surface area contributed by atoms with Crippen LogP contribution in [0.5, 0.6) is 0 Å². The third kappa shape index (κ3) is 1.91. The first-order valence-corrected chi connectivity index (χ1v) is 8.93. The molecule has 20 heavy (non-hydrogen) atoms. The molecule has 1 atom stereocenters. The summed E-state index contributed by atoms with van der Waals surface area (Å²) in [5.74, 6) is 4.45. The SMILES string of the molecule is CCn1ncc(Br)c1C(N)C1C2CC3CC(C2)CC1C3. The Labute approximate surface area is 129 Å². The van der Waals surface area contributed by atoms with E-state index in [1.54, 1.807) is 0 Å². The van der Waals surface area contributed by atoms with Crippen molar-refractivity contribution in [1.29, 1.82) is 0 Å². The summed E-state index contributed by atoms with van der Waals surface area (Å²) in [6, 6.07) is 0.154. The number of hydrogen-bond acceptors (Lipinski definition) is 2. The smallest absolute Gasteiger partial charge is 0.0696 e. The van der Waals surface area contributed by atoms with Gasteiger partial charge in [-0.05, 0) is 84.5 Å². The first-order chi connectivity index (χ1) is 9.67. The highest BCUT2D eigenvalue weighted by Gasteiger charge is 2.50. The summed E-state index contributed by atoms with van der Waals surface area (Å²) in [5, 5.41) is 4.46. The first-order valence-electron chi connectivity index (χ1n) is 8.14. The number of hydrogen-bond donors (Lipinski definition) is 1. The minimum Gasteiger partial charge on any atom is -0.322 e. The van der Waals surface area contributed by atoms with Gasteiger partial charge in [0.1, 0.15) is 0 Å². The van der Waals surface area contributed by atoms with Crippen molar-refractivity contribution in [3.8, 4) is 0 Å². The van der Waals surface area contributed by atoms with Crippen molar-refractivity contribution in [3.63, 3.8) is 0 Å². The van der Waals surface area contributed by atoms with Gasteiger partial charge in [0.05, 0.1) is 22.4 Å². The molecule has 0 spiro atoms. The number of nitrogens with two attached hydrogens (primary N) is 1. The normalized spacial score (nSPS) is 40.2. The second-order valence-corrected chi connectivity index (χ2v) is 8.08. The lowest BCUT2D eigenvalue weighted by Gasteiger charge is -2.56. The van der Waals surface area contributed by atoms with E-state index in [0.29, 0.717) is 5.92 Å². The molecular formula is C16H24BrN3. The van der Waals surface area contributed by atoms with Crippen LogP contribution in [-0.4, -0.2) is 9.78 Å². The van der Waals surface area contributed by atoms with Crippen molar-refractivity contribution in [2.24, 2.45) is 35.3 Å². The van der Waals surface area contributed by atoms with Crippen LogP contribution in [0, 0.1) is 29.6 Å². The van der Waals surface area contributed by atoms with Gasteiger partial charge >= 0.3 is 0 Å². The fourth-order valence-electron chi connectivity index (χ4n) is 5.69. The van der Waals surface area contributed by atoms with Crippen molar-refractivity contribution < 1.29 is 0 Å². The van der Waals surface area contributed by atoms with Crippen LogP contribution in [0.3, 0.4) is 0 Å². The highest BCUT2D eigenvalue weighted by molar-refractivity contribution is 9.10. The van der Waals surface area contributed by atoms with Crippen LogP contribution in [-0.2, 0) is 6.54 Å². The Hall–Kier alpha value is -0.350. The van der Waals surface area contributed by atoms with Crippen molar-refractivity contribution in [3.05, 3.63) is 16.4 Å². The average molecular weight is 338 g/mol. The molecule has 4 heteroatoms. The molecule has 1 aromatic heterocycles. The standard InChI is InChI=1S/C16H24BrN3/c1-2-20-16(13(17)8-19-20)15(18)14-11-4-9-3-10(6-11)7-12(14)5-9/h8-12,14-15H,2-7,18H2,1H3. The fourth-order valence-corrected chi connectivity index (χ4v) is 6.25. The van der Waals surface area contributed by atoms with Crippen molar-refractivity contribution in [2.45, 2.75) is 51.6 Å². The summed E-state index contributed by atoms with van der Waals surface area (Å²) < 4.78 is 3.18. The summed E-state index contributed by atoms with van der Waals surface area (Å²) in [6.07, 6.45) is 9.15. The van der Waals surface area contributed by atoms with Gasteiger partial charge in [0.2, 0.25) is 0 Å². The Morgan fingerprint density at radius 1 is 1.25 bits per heavy atom. The van der Waals surface area contributed by atoms with Gasteiger partial charge in [-0.2, -0.15) is 5.10 Å². The van der Waals surface area contributed by atoms with Gasteiger partial charge in [0.25, 0.3) is 0 Å². The highest BCUT2D eigenvalue weighted by Crippen LogP contribution is 2.59. The van der Waals surface area contributed by atoms with Gasteiger partial charge in [-0.1, -0.05) is 0 Å². The summed E-state index contributed by atoms with van der Waals surface area (Å²) in [4.78, 5) is 0. The summed E-state index contributed by atoms with van der Waals surface area (Å²) in [5.41, 5.74) is 7.98. The van der Waals surface area contributed by atoms with E-state index in [2.05, 4.69) is 32.6 Å². The molecule has 0 amide bonds. The maximum Gasteiger partial charge on any atom is 0.0696 e. The van der Waals surface area contributed by atoms with E-state index in [-0.39, 0.29) is 6.04 Å². The quantitative estimate of drug-likeness (QED) is 0.912. The van der Waals surface area contributed by atoms with Gasteiger partial charge < -0.3 is 5.73 Å². The topological polar surface area (TPSA) is 43.8 Å². The molecule has 5 rings (SSSR count). The molecule has 0 saturated heterocycles. The third-order valence-corrected chi connectivity index (χ3v) is 6.77. The Balaban J connectivity index is 1.65. The molecule has 110 valence electrons. The van der Waals surface area contributed by atoms with E-state index >= 15 is 0 Å². The fraction of sp³-hybridized carbons (Fsp3) is 0.812. The molecule has 4 saturated carbocycles. The lowest BCUT2D eigenvalue weighted by molar-refractivity contribution is -0.0482. The van der Waals surface area contributed by atoms with Gasteiger partial charge in [-0.25, -0.2) is 0 Å². The van der Waals surface area contributed by atoms with Gasteiger partial charge in [0.15, 0.2) is 0 Å². The number of aryl methyl sites for hydroxylation is 1. The van der Waals surface area contributed by atoms with E-state index < -0.39 is 0 Å². The lowest BCUT2D eigenvalue weighted by atomic mass is 9.50. The number of halogens is 1. The van der Waals surface area contributed by atoms with Crippen molar-refractivity contribution in [1.82, 2.24) is 9.78 Å². The van der Waals surface area contributed by atoms with Crippen LogP contribution in [0.25, 0.3) is 0 Å². The second-order valence-electron chi connectivity index (χ2n) is 7.23. The van der Waals surface area contributed by atoms with E-state index in [4.69, 9.17) is 5.73 Å². The Bertz CT molecular complexity index is 482. The predicted octanol–water partition coefficient (Wildman–Crippen LogP) is 3.74. The second kappa shape index (κ2) is 4.84. The number of nitrogens with zero attached hydrogens (tertiary/aromatic N) is 2. The van der Waals surface area contributed by atoms with Crippen molar-refractivity contribution >= 4 is 15.9 Å². The van der Waals surface area contributed by atoms with E-state index in [1.807, 2.05) is 6.20 Å². The Morgan fingerprint density at radius 3 is 2.40 bits per heavy atom. The maximum absolute atomic E-state index is 6.75. The van der Waals surface area contributed by atoms with Gasteiger partial charge in [-0.15, -0.1) is 0 Å². The zero-order valence-electron chi connectivity index (χ0n) is 12.1. The van der Waals surface area contributed by atoms with Gasteiger partial charge in [0, 0.05) is 6.54 Å². The van der Waals surface area contributed by atoms with Crippen LogP contribution >= 0.6 is 15.9 Å². The molecule has 1 heterocycles. The molecule has 4 aliphatic rings. The van der Waals surface area contributed by atoms with E-state index in [1.165, 1.54) is 37.8 Å². The summed E-state index contributed by atoms with van der Waals surface area (Å²) >= 11 is 3.66. The van der Waals surface area contributed by atoms with Crippen LogP contribution in [0.1, 0.15) is 50.8 Å². The molecule has 0 aliphatic heterocycles. The lowest BCUT2D eigenvalue weighted by Crippen LogP contribution is -2.49. The molecule has 3 nitrogen and oxygen atoms in total.